The summed E-state index contributed by atoms with van der Waals surface area (Å²) in [6.45, 7) is 4.39. The number of phosphoric ester groups is 2. The van der Waals surface area contributed by atoms with Crippen LogP contribution in [0, 0.1) is 0 Å². The predicted octanol–water partition coefficient (Wildman–Crippen LogP) is 15.8. The number of rotatable bonds is 57. The van der Waals surface area contributed by atoms with Gasteiger partial charge >= 0.3 is 39.5 Å². The smallest absolute Gasteiger partial charge is 0.462 e. The summed E-state index contributed by atoms with van der Waals surface area (Å²) in [7, 11) is -9.93. The molecular weight excluding hydrogens is 1080 g/mol. The quantitative estimate of drug-likeness (QED) is 0.0128. The van der Waals surface area contributed by atoms with Gasteiger partial charge < -0.3 is 33.8 Å². The number of carbonyl (C=O) groups excluding carboxylic acids is 4. The first-order valence-corrected chi connectivity index (χ1v) is 33.7. The monoisotopic (exact) mass is 1190 g/mol. The van der Waals surface area contributed by atoms with E-state index in [9.17, 15) is 43.2 Å². The van der Waals surface area contributed by atoms with E-state index in [1.807, 2.05) is 24.3 Å². The van der Waals surface area contributed by atoms with Crippen molar-refractivity contribution >= 4 is 39.5 Å². The molecule has 17 nitrogen and oxygen atoms in total. The fourth-order valence-corrected chi connectivity index (χ4v) is 9.29. The van der Waals surface area contributed by atoms with Gasteiger partial charge in [-0.05, 0) is 96.3 Å². The molecule has 0 bridgehead atoms. The minimum atomic E-state index is -4.98. The number of aliphatic hydroxyl groups is 1. The van der Waals surface area contributed by atoms with Crippen molar-refractivity contribution in [2.24, 2.45) is 0 Å². The summed E-state index contributed by atoms with van der Waals surface area (Å²) in [5.41, 5.74) is 0. The molecule has 0 amide bonds. The standard InChI is InChI=1S/C62H108O17P2/c1-5-9-13-17-21-24-27-30-33-36-40-43-47-60(65)72-52-57(78-61(66)48-44-38-20-16-12-8-4)54-76-80(68,69)74-50-56(63)51-75-81(70,71)77-55-58(53-73-59(64)46-42-39-35-32-29-26-23-19-15-11-7-3)79-62(67)49-45-41-37-34-31-28-25-22-18-14-10-6-2/h10,14,18,21-22,24,26,29,39,41-42,45,56-58,63H,5-9,11-13,15-17,19-20,23,25,27-28,30-38,40,43-44,46-55H2,1-4H3,(H,68,69)(H,70,71)/b14-10-,22-18+,24-21+,29-26+,42-39?,45-41+/t56-,57+,58+/m0/s1. The third-order valence-corrected chi connectivity index (χ3v) is 14.3. The summed E-state index contributed by atoms with van der Waals surface area (Å²) in [5.74, 6) is -2.42. The number of unbranched alkanes of at least 4 members (excludes halogenated alkanes) is 22. The Morgan fingerprint density at radius 2 is 0.716 bits per heavy atom. The number of esters is 4. The Morgan fingerprint density at radius 1 is 0.370 bits per heavy atom. The predicted molar refractivity (Wildman–Crippen MR) is 321 cm³/mol. The van der Waals surface area contributed by atoms with Gasteiger partial charge in [0.2, 0.25) is 0 Å². The Morgan fingerprint density at radius 3 is 1.25 bits per heavy atom. The van der Waals surface area contributed by atoms with Gasteiger partial charge in [-0.2, -0.15) is 0 Å². The van der Waals surface area contributed by atoms with Crippen LogP contribution in [0.25, 0.3) is 0 Å². The summed E-state index contributed by atoms with van der Waals surface area (Å²) in [6.07, 6.45) is 49.2. The molecule has 0 aromatic carbocycles. The van der Waals surface area contributed by atoms with Crippen molar-refractivity contribution in [1.29, 1.82) is 0 Å². The van der Waals surface area contributed by atoms with Crippen LogP contribution >= 0.6 is 15.6 Å². The highest BCUT2D eigenvalue weighted by atomic mass is 31.2. The zero-order valence-corrected chi connectivity index (χ0v) is 52.0. The molecule has 0 spiro atoms. The van der Waals surface area contributed by atoms with E-state index < -0.39 is 97.5 Å². The topological polar surface area (TPSA) is 237 Å². The SMILES string of the molecule is CC/C=C\C=C\CCCCC/C=C/CC(=O)O[C@H](COC(=O)CC=CCC/C=C/CCCCCC)COP(=O)(O)OC[C@@H](O)COP(=O)(O)OC[C@@H](COC(=O)CCCCCCC/C=C/CCCCC)OC(=O)CCCCCCCC. The second kappa shape index (κ2) is 55.7. The van der Waals surface area contributed by atoms with Crippen LogP contribution in [0.4, 0.5) is 0 Å². The van der Waals surface area contributed by atoms with Crippen LogP contribution in [-0.2, 0) is 65.4 Å². The highest BCUT2D eigenvalue weighted by molar-refractivity contribution is 7.47. The fraction of sp³-hybridized carbons (Fsp3) is 0.742. The van der Waals surface area contributed by atoms with Crippen LogP contribution in [0.15, 0.2) is 72.9 Å². The maximum atomic E-state index is 12.9. The Bertz CT molecular complexity index is 1850. The van der Waals surface area contributed by atoms with Crippen LogP contribution in [0.3, 0.4) is 0 Å². The molecule has 0 saturated heterocycles. The number of hydrogen-bond acceptors (Lipinski definition) is 15. The second-order valence-electron chi connectivity index (χ2n) is 20.3. The molecule has 3 N–H and O–H groups in total. The first-order chi connectivity index (χ1) is 39.2. The van der Waals surface area contributed by atoms with Gasteiger partial charge in [0, 0.05) is 12.8 Å². The van der Waals surface area contributed by atoms with Crippen LogP contribution in [0.5, 0.6) is 0 Å². The molecule has 0 aliphatic heterocycles. The van der Waals surface area contributed by atoms with Crippen molar-refractivity contribution in [1.82, 2.24) is 0 Å². The first-order valence-electron chi connectivity index (χ1n) is 30.7. The third-order valence-electron chi connectivity index (χ3n) is 12.4. The van der Waals surface area contributed by atoms with E-state index in [2.05, 4.69) is 64.2 Å². The van der Waals surface area contributed by atoms with Gasteiger partial charge in [0.25, 0.3) is 0 Å². The molecule has 0 rings (SSSR count). The number of hydrogen-bond donors (Lipinski definition) is 3. The van der Waals surface area contributed by atoms with Gasteiger partial charge in [-0.25, -0.2) is 9.13 Å². The molecule has 0 aromatic rings. The highest BCUT2D eigenvalue weighted by Crippen LogP contribution is 2.45. The average molecular weight is 1190 g/mol. The van der Waals surface area contributed by atoms with Gasteiger partial charge in [-0.3, -0.25) is 37.3 Å². The summed E-state index contributed by atoms with van der Waals surface area (Å²) < 4.78 is 67.4. The molecule has 0 heterocycles. The largest absolute Gasteiger partial charge is 0.472 e. The Balaban J connectivity index is 5.30. The summed E-state index contributed by atoms with van der Waals surface area (Å²) in [6, 6.07) is 0. The lowest BCUT2D eigenvalue weighted by atomic mass is 10.1. The van der Waals surface area contributed by atoms with Crippen molar-refractivity contribution in [2.75, 3.05) is 39.6 Å². The highest BCUT2D eigenvalue weighted by Gasteiger charge is 2.30. The first kappa shape index (κ1) is 77.5. The molecule has 0 radical (unpaired) electrons. The number of allylic oxidation sites excluding steroid dienone is 10. The Hall–Kier alpha value is -3.50. The summed E-state index contributed by atoms with van der Waals surface area (Å²) in [4.78, 5) is 71.7. The normalized spacial score (nSPS) is 14.8. The molecule has 0 fully saturated rings. The van der Waals surface area contributed by atoms with E-state index in [0.717, 1.165) is 128 Å². The zero-order chi connectivity index (χ0) is 59.8. The minimum absolute atomic E-state index is 0.0500. The minimum Gasteiger partial charge on any atom is -0.462 e. The summed E-state index contributed by atoms with van der Waals surface area (Å²) >= 11 is 0. The van der Waals surface area contributed by atoms with Crippen molar-refractivity contribution in [2.45, 2.75) is 258 Å². The molecular formula is C62H108O17P2. The molecule has 5 atom stereocenters. The zero-order valence-electron chi connectivity index (χ0n) is 50.2. The molecule has 0 aliphatic carbocycles. The number of carbonyl (C=O) groups is 4. The molecule has 2 unspecified atom stereocenters. The van der Waals surface area contributed by atoms with Crippen LogP contribution < -0.4 is 0 Å². The molecule has 0 aliphatic rings. The lowest BCUT2D eigenvalue weighted by Crippen LogP contribution is -2.30. The molecule has 0 saturated carbocycles. The van der Waals surface area contributed by atoms with Gasteiger partial charge in [0.15, 0.2) is 12.2 Å². The number of aliphatic hydroxyl groups excluding tert-OH is 1. The van der Waals surface area contributed by atoms with Gasteiger partial charge in [-0.1, -0.05) is 190 Å². The van der Waals surface area contributed by atoms with E-state index in [1.165, 1.54) is 44.9 Å². The van der Waals surface area contributed by atoms with Gasteiger partial charge in [0.05, 0.1) is 39.3 Å². The van der Waals surface area contributed by atoms with Crippen LogP contribution in [0.1, 0.15) is 240 Å². The Labute approximate surface area is 488 Å². The Kier molecular flexibility index (Phi) is 53.3. The van der Waals surface area contributed by atoms with Crippen LogP contribution in [-0.4, -0.2) is 96.7 Å². The van der Waals surface area contributed by atoms with E-state index in [1.54, 1.807) is 12.2 Å². The molecule has 19 heteroatoms. The van der Waals surface area contributed by atoms with Crippen molar-refractivity contribution < 1.29 is 80.2 Å². The van der Waals surface area contributed by atoms with Crippen molar-refractivity contribution in [3.8, 4) is 0 Å². The lowest BCUT2D eigenvalue weighted by molar-refractivity contribution is -0.161. The van der Waals surface area contributed by atoms with E-state index >= 15 is 0 Å². The average Bonchev–Trinajstić information content (AvgIpc) is 3.44. The van der Waals surface area contributed by atoms with Crippen molar-refractivity contribution in [3.05, 3.63) is 72.9 Å². The fourth-order valence-electron chi connectivity index (χ4n) is 7.71. The lowest BCUT2D eigenvalue weighted by Gasteiger charge is -2.21. The maximum absolute atomic E-state index is 12.9. The molecule has 468 valence electrons. The van der Waals surface area contributed by atoms with Gasteiger partial charge in [-0.15, -0.1) is 0 Å². The third kappa shape index (κ3) is 55.5. The van der Waals surface area contributed by atoms with Crippen LogP contribution in [0.2, 0.25) is 0 Å². The number of ether oxygens (including phenoxy) is 4. The van der Waals surface area contributed by atoms with Crippen molar-refractivity contribution in [3.63, 3.8) is 0 Å². The van der Waals surface area contributed by atoms with E-state index in [4.69, 9.17) is 37.0 Å². The van der Waals surface area contributed by atoms with E-state index in [0.29, 0.717) is 12.8 Å². The molecule has 81 heavy (non-hydrogen) atoms. The second-order valence-corrected chi connectivity index (χ2v) is 23.2. The van der Waals surface area contributed by atoms with E-state index in [-0.39, 0.29) is 25.7 Å². The summed E-state index contributed by atoms with van der Waals surface area (Å²) in [5, 5.41) is 10.5. The number of phosphoric acid groups is 2. The molecule has 0 aromatic heterocycles. The maximum Gasteiger partial charge on any atom is 0.472 e. The van der Waals surface area contributed by atoms with Gasteiger partial charge in [0.1, 0.15) is 19.3 Å².